The summed E-state index contributed by atoms with van der Waals surface area (Å²) in [6.45, 7) is 8.26. The smallest absolute Gasteiger partial charge is 0.193 e. The molecule has 4 aromatic carbocycles. The van der Waals surface area contributed by atoms with Crippen LogP contribution in [0.4, 0.5) is 10.1 Å². The molecule has 0 spiro atoms. The predicted octanol–water partition coefficient (Wildman–Crippen LogP) is 8.58. The minimum Gasteiger partial charge on any atom is -0.393 e. The molecule has 2 fully saturated rings. The lowest BCUT2D eigenvalue weighted by atomic mass is 9.64. The molecule has 0 amide bonds. The summed E-state index contributed by atoms with van der Waals surface area (Å²) in [5, 5.41) is 23.8. The number of nitrogens with zero attached hydrogens (tertiary/aromatic N) is 2. The number of halogens is 1. The van der Waals surface area contributed by atoms with Crippen molar-refractivity contribution < 1.29 is 19.4 Å². The Morgan fingerprint density at radius 2 is 1.57 bits per heavy atom. The van der Waals surface area contributed by atoms with Gasteiger partial charge in [0.05, 0.1) is 11.7 Å². The second-order valence-electron chi connectivity index (χ2n) is 15.5. The van der Waals surface area contributed by atoms with Crippen molar-refractivity contribution in [2.45, 2.75) is 76.4 Å². The second-order valence-corrected chi connectivity index (χ2v) is 15.5. The first kappa shape index (κ1) is 35.3. The second kappa shape index (κ2) is 14.9. The minimum atomic E-state index is -0.943. The predicted molar refractivity (Wildman–Crippen MR) is 204 cm³/mol. The highest BCUT2D eigenvalue weighted by atomic mass is 19.1. The van der Waals surface area contributed by atoms with Gasteiger partial charge in [0.25, 0.3) is 0 Å². The van der Waals surface area contributed by atoms with Crippen LogP contribution >= 0.6 is 0 Å². The highest BCUT2D eigenvalue weighted by Gasteiger charge is 2.57. The van der Waals surface area contributed by atoms with Crippen molar-refractivity contribution in [3.63, 3.8) is 0 Å². The fourth-order valence-corrected chi connectivity index (χ4v) is 8.98. The fraction of sp³-hybridized carbons (Fsp3) is 0.400. The summed E-state index contributed by atoms with van der Waals surface area (Å²) in [5.74, 6) is -0.255. The van der Waals surface area contributed by atoms with Gasteiger partial charge in [-0.05, 0) is 110 Å². The maximum Gasteiger partial charge on any atom is 0.193 e. The van der Waals surface area contributed by atoms with E-state index in [2.05, 4.69) is 54.0 Å². The molecule has 0 radical (unpaired) electrons. The number of hydrogen-bond acceptors (Lipinski definition) is 5. The number of ketones is 1. The third kappa shape index (κ3) is 7.46. The average molecular weight is 687 g/mol. The van der Waals surface area contributed by atoms with E-state index in [1.165, 1.54) is 17.7 Å². The number of benzene rings is 4. The van der Waals surface area contributed by atoms with Crippen molar-refractivity contribution in [1.82, 2.24) is 4.90 Å². The van der Waals surface area contributed by atoms with E-state index in [1.54, 1.807) is 0 Å². The monoisotopic (exact) mass is 686 g/mol. The van der Waals surface area contributed by atoms with Gasteiger partial charge in [-0.1, -0.05) is 85.3 Å². The van der Waals surface area contributed by atoms with Gasteiger partial charge in [-0.25, -0.2) is 4.39 Å². The van der Waals surface area contributed by atoms with Crippen LogP contribution in [0.25, 0.3) is 11.1 Å². The van der Waals surface area contributed by atoms with Crippen molar-refractivity contribution >= 4 is 11.5 Å². The van der Waals surface area contributed by atoms with Gasteiger partial charge in [0.1, 0.15) is 5.82 Å². The van der Waals surface area contributed by atoms with Crippen LogP contribution in [0.5, 0.6) is 0 Å². The van der Waals surface area contributed by atoms with E-state index in [-0.39, 0.29) is 17.5 Å². The number of aliphatic hydroxyl groups is 2. The zero-order chi connectivity index (χ0) is 35.6. The molecule has 6 heteroatoms. The average Bonchev–Trinajstić information content (AvgIpc) is 3.40. The van der Waals surface area contributed by atoms with Crippen LogP contribution in [-0.2, 0) is 6.42 Å². The Morgan fingerprint density at radius 1 is 0.863 bits per heavy atom. The van der Waals surface area contributed by atoms with E-state index >= 15 is 0 Å². The summed E-state index contributed by atoms with van der Waals surface area (Å²) in [7, 11) is 0. The number of piperazine rings is 1. The Morgan fingerprint density at radius 3 is 2.29 bits per heavy atom. The molecule has 2 N–H and O–H groups in total. The lowest BCUT2D eigenvalue weighted by Gasteiger charge is -2.47. The number of allylic oxidation sites excluding steroid dienone is 2. The number of fused-ring (bicyclic) bond motifs is 8. The molecule has 3 aliphatic carbocycles. The highest BCUT2D eigenvalue weighted by molar-refractivity contribution is 6.10. The number of aliphatic hydroxyl groups excluding tert-OH is 1. The van der Waals surface area contributed by atoms with Gasteiger partial charge in [-0.15, -0.1) is 0 Å². The molecule has 8 rings (SSSR count). The lowest BCUT2D eigenvalue weighted by Crippen LogP contribution is -2.56. The topological polar surface area (TPSA) is 64.0 Å². The SMILES string of the molecule is CC1=CCCC2(C)C(CCC2(O)CN2CCN(c3ccc(F)cc3)CC2)c2ccc(cc2C(=O)c2ccc(-c3ccccc3)cc2)CC(O)CC1. The van der Waals surface area contributed by atoms with Crippen molar-refractivity contribution in [1.29, 1.82) is 0 Å². The molecule has 1 saturated heterocycles. The molecular formula is C45H51FN2O3. The van der Waals surface area contributed by atoms with Crippen LogP contribution in [0.3, 0.4) is 0 Å². The first-order chi connectivity index (χ1) is 24.6. The van der Waals surface area contributed by atoms with Crippen molar-refractivity contribution in [2.24, 2.45) is 5.41 Å². The standard InChI is InChI=1S/C45H51FN2O3/c1-32-7-6-23-44(2)42(22-24-45(44,51)31-47-25-27-48(28-26-47)38-18-16-37(46)17-19-38)40-21-11-33(29-39(49)20-10-32)30-41(40)43(50)36-14-12-35(13-15-36)34-8-4-3-5-9-34/h3-5,7-9,11-19,21,30,39,42,49,51H,6,10,20,22-29,31H2,1-2H3. The number of β-amino-alcohol motifs (C(OH)–C–C–N with tert-alkyl or cyclic N) is 1. The summed E-state index contributed by atoms with van der Waals surface area (Å²) in [5.41, 5.74) is 6.34. The van der Waals surface area contributed by atoms with E-state index in [0.717, 1.165) is 79.8 Å². The molecule has 266 valence electrons. The van der Waals surface area contributed by atoms with E-state index in [0.29, 0.717) is 36.9 Å². The number of carbonyl (C=O) groups excluding carboxylic acids is 1. The first-order valence-electron chi connectivity index (χ1n) is 18.7. The Labute approximate surface area is 302 Å². The quantitative estimate of drug-likeness (QED) is 0.157. The molecule has 2 bridgehead atoms. The molecule has 4 aliphatic rings. The summed E-state index contributed by atoms with van der Waals surface area (Å²) in [6, 6.07) is 31.0. The van der Waals surface area contributed by atoms with E-state index in [9.17, 15) is 19.4 Å². The van der Waals surface area contributed by atoms with Crippen molar-refractivity contribution in [3.05, 3.63) is 137 Å². The number of anilines is 1. The largest absolute Gasteiger partial charge is 0.393 e. The zero-order valence-electron chi connectivity index (χ0n) is 30.0. The summed E-state index contributed by atoms with van der Waals surface area (Å²) < 4.78 is 13.6. The van der Waals surface area contributed by atoms with Gasteiger partial charge in [-0.2, -0.15) is 0 Å². The molecular weight excluding hydrogens is 636 g/mol. The van der Waals surface area contributed by atoms with Gasteiger partial charge in [0.15, 0.2) is 5.78 Å². The number of carbonyl (C=O) groups is 1. The molecule has 4 atom stereocenters. The summed E-state index contributed by atoms with van der Waals surface area (Å²) in [6.07, 6.45) is 6.88. The van der Waals surface area contributed by atoms with E-state index in [4.69, 9.17) is 0 Å². The van der Waals surface area contributed by atoms with Crippen LogP contribution in [0.15, 0.2) is 109 Å². The van der Waals surface area contributed by atoms with Crippen LogP contribution < -0.4 is 4.90 Å². The number of hydrogen-bond donors (Lipinski definition) is 2. The molecule has 0 aromatic heterocycles. The first-order valence-corrected chi connectivity index (χ1v) is 18.7. The van der Waals surface area contributed by atoms with Crippen LogP contribution in [0.2, 0.25) is 0 Å². The molecule has 1 saturated carbocycles. The summed E-state index contributed by atoms with van der Waals surface area (Å²) >= 11 is 0. The summed E-state index contributed by atoms with van der Waals surface area (Å²) in [4.78, 5) is 19.2. The molecule has 4 aromatic rings. The Balaban J connectivity index is 1.20. The third-order valence-corrected chi connectivity index (χ3v) is 12.2. The fourth-order valence-electron chi connectivity index (χ4n) is 8.98. The Kier molecular flexibility index (Phi) is 10.3. The Hall–Kier alpha value is -4.10. The van der Waals surface area contributed by atoms with Crippen molar-refractivity contribution in [2.75, 3.05) is 37.6 Å². The lowest BCUT2D eigenvalue weighted by molar-refractivity contribution is -0.0841. The van der Waals surface area contributed by atoms with E-state index < -0.39 is 17.1 Å². The van der Waals surface area contributed by atoms with Gasteiger partial charge in [-0.3, -0.25) is 9.69 Å². The molecule has 1 heterocycles. The molecule has 1 aliphatic heterocycles. The van der Waals surface area contributed by atoms with Gasteiger partial charge in [0.2, 0.25) is 0 Å². The Bertz CT molecular complexity index is 1850. The van der Waals surface area contributed by atoms with Gasteiger partial charge in [0, 0.05) is 55.0 Å². The molecule has 4 unspecified atom stereocenters. The maximum atomic E-state index is 14.5. The van der Waals surface area contributed by atoms with Gasteiger partial charge >= 0.3 is 0 Å². The molecule has 5 nitrogen and oxygen atoms in total. The van der Waals surface area contributed by atoms with E-state index in [1.807, 2.05) is 60.7 Å². The maximum absolute atomic E-state index is 14.5. The van der Waals surface area contributed by atoms with Crippen molar-refractivity contribution in [3.8, 4) is 11.1 Å². The third-order valence-electron chi connectivity index (χ3n) is 12.2. The van der Waals surface area contributed by atoms with Crippen LogP contribution in [-0.4, -0.2) is 65.3 Å². The minimum absolute atomic E-state index is 0.0128. The van der Waals surface area contributed by atoms with Gasteiger partial charge < -0.3 is 15.1 Å². The van der Waals surface area contributed by atoms with Crippen LogP contribution in [0.1, 0.15) is 85.3 Å². The zero-order valence-corrected chi connectivity index (χ0v) is 30.0. The van der Waals surface area contributed by atoms with Crippen LogP contribution in [0, 0.1) is 11.2 Å². The molecule has 51 heavy (non-hydrogen) atoms. The number of rotatable bonds is 6. The normalized spacial score (nSPS) is 26.0. The highest BCUT2D eigenvalue weighted by Crippen LogP contribution is 2.59.